The van der Waals surface area contributed by atoms with E-state index in [4.69, 9.17) is 9.84 Å². The molecule has 0 aromatic carbocycles. The average molecular weight is 381 g/mol. The van der Waals surface area contributed by atoms with E-state index in [1.807, 2.05) is 13.8 Å². The van der Waals surface area contributed by atoms with E-state index in [2.05, 4.69) is 30.2 Å². The van der Waals surface area contributed by atoms with E-state index in [1.54, 1.807) is 11.8 Å². The Hall–Kier alpha value is -0.440. The second-order valence-electron chi connectivity index (χ2n) is 5.98. The van der Waals surface area contributed by atoms with E-state index < -0.39 is 6.04 Å². The summed E-state index contributed by atoms with van der Waals surface area (Å²) >= 11 is 5.62. The number of thiol groups is 1. The molecule has 0 rings (SSSR count). The molecule has 0 saturated heterocycles. The summed E-state index contributed by atoms with van der Waals surface area (Å²) < 4.78 is 5.26. The van der Waals surface area contributed by atoms with Crippen molar-refractivity contribution in [2.75, 3.05) is 30.6 Å². The highest BCUT2D eigenvalue weighted by Crippen LogP contribution is 2.12. The Bertz CT molecular complexity index is 351. The molecule has 0 saturated carbocycles. The van der Waals surface area contributed by atoms with Gasteiger partial charge in [-0.05, 0) is 12.3 Å². The summed E-state index contributed by atoms with van der Waals surface area (Å²) in [5.74, 6) is 1.62. The number of ether oxygens (including phenoxy) is 1. The van der Waals surface area contributed by atoms with Crippen LogP contribution in [0.15, 0.2) is 0 Å². The van der Waals surface area contributed by atoms with Crippen molar-refractivity contribution in [3.05, 3.63) is 0 Å². The molecule has 0 heterocycles. The number of hydrogen-bond acceptors (Lipinski definition) is 6. The van der Waals surface area contributed by atoms with E-state index in [-0.39, 0.29) is 30.6 Å². The molecule has 24 heavy (non-hydrogen) atoms. The number of aliphatic hydroxyl groups excluding tert-OH is 1. The second kappa shape index (κ2) is 14.9. The normalized spacial score (nSPS) is 13.6. The van der Waals surface area contributed by atoms with Gasteiger partial charge in [0, 0.05) is 30.2 Å². The van der Waals surface area contributed by atoms with Crippen LogP contribution in [0.4, 0.5) is 0 Å². The van der Waals surface area contributed by atoms with Gasteiger partial charge in [0.25, 0.3) is 0 Å². The summed E-state index contributed by atoms with van der Waals surface area (Å²) in [6.07, 6.45) is 2.16. The van der Waals surface area contributed by atoms with Crippen molar-refractivity contribution in [3.8, 4) is 0 Å². The lowest BCUT2D eigenvalue weighted by atomic mass is 10.1. The molecule has 0 fully saturated rings. The Morgan fingerprint density at radius 1 is 1.29 bits per heavy atom. The maximum absolute atomic E-state index is 12.2. The van der Waals surface area contributed by atoms with Crippen LogP contribution < -0.4 is 10.6 Å². The molecule has 3 N–H and O–H groups in total. The van der Waals surface area contributed by atoms with Gasteiger partial charge in [-0.1, -0.05) is 27.2 Å². The third-order valence-corrected chi connectivity index (χ3v) is 4.57. The van der Waals surface area contributed by atoms with Crippen LogP contribution in [0.3, 0.4) is 0 Å². The molecule has 0 aromatic heterocycles. The van der Waals surface area contributed by atoms with Gasteiger partial charge in [-0.15, -0.1) is 0 Å². The first kappa shape index (κ1) is 23.6. The van der Waals surface area contributed by atoms with Crippen molar-refractivity contribution < 1.29 is 19.4 Å². The number of rotatable bonds is 14. The Morgan fingerprint density at radius 2 is 2.00 bits per heavy atom. The predicted octanol–water partition coefficient (Wildman–Crippen LogP) is 1.43. The van der Waals surface area contributed by atoms with Gasteiger partial charge in [0.2, 0.25) is 11.8 Å². The maximum atomic E-state index is 12.2. The number of thioether (sulfide) groups is 1. The first-order chi connectivity index (χ1) is 11.4. The molecular formula is C16H32N2O4S2. The fourth-order valence-electron chi connectivity index (χ4n) is 2.07. The highest BCUT2D eigenvalue weighted by atomic mass is 32.2. The fraction of sp³-hybridized carbons (Fsp3) is 0.875. The molecule has 0 aromatic rings. The highest BCUT2D eigenvalue weighted by Gasteiger charge is 2.21. The third kappa shape index (κ3) is 12.0. The fourth-order valence-corrected chi connectivity index (χ4v) is 3.31. The standard InChI is InChI=1S/C16H32N2O4S2/c1-4-5-13(22-11-19)9-24-10-14(16(21)17-6-7-23)18-15(20)8-12(2)3/h12-14,19,23H,4-11H2,1-3H3,(H,17,21)(H,18,20). The lowest BCUT2D eigenvalue weighted by molar-refractivity contribution is -0.128. The summed E-state index contributed by atoms with van der Waals surface area (Å²) in [6, 6.07) is -0.572. The summed E-state index contributed by atoms with van der Waals surface area (Å²) in [5.41, 5.74) is 0. The smallest absolute Gasteiger partial charge is 0.243 e. The molecule has 0 radical (unpaired) electrons. The van der Waals surface area contributed by atoms with Crippen molar-refractivity contribution in [2.24, 2.45) is 5.92 Å². The minimum absolute atomic E-state index is 0.0440. The van der Waals surface area contributed by atoms with Crippen LogP contribution in [0.5, 0.6) is 0 Å². The van der Waals surface area contributed by atoms with Gasteiger partial charge in [0.1, 0.15) is 12.8 Å². The van der Waals surface area contributed by atoms with Crippen LogP contribution in [0.25, 0.3) is 0 Å². The molecule has 142 valence electrons. The van der Waals surface area contributed by atoms with Crippen LogP contribution in [-0.2, 0) is 14.3 Å². The molecule has 0 aliphatic carbocycles. The van der Waals surface area contributed by atoms with Crippen LogP contribution in [-0.4, -0.2) is 59.7 Å². The minimum atomic E-state index is -0.572. The van der Waals surface area contributed by atoms with Crippen LogP contribution in [0.2, 0.25) is 0 Å². The lowest BCUT2D eigenvalue weighted by Crippen LogP contribution is -2.49. The zero-order chi connectivity index (χ0) is 18.4. The van der Waals surface area contributed by atoms with E-state index in [9.17, 15) is 9.59 Å². The van der Waals surface area contributed by atoms with Gasteiger partial charge in [0.15, 0.2) is 0 Å². The summed E-state index contributed by atoms with van der Waals surface area (Å²) in [4.78, 5) is 24.2. The minimum Gasteiger partial charge on any atom is -0.371 e. The lowest BCUT2D eigenvalue weighted by Gasteiger charge is -2.20. The van der Waals surface area contributed by atoms with Crippen molar-refractivity contribution >= 4 is 36.2 Å². The number of carbonyl (C=O) groups is 2. The SMILES string of the molecule is CCCC(CSCC(NC(=O)CC(C)C)C(=O)NCCS)OCO. The third-order valence-electron chi connectivity index (χ3n) is 3.17. The number of carbonyl (C=O) groups excluding carboxylic acids is 2. The number of nitrogens with one attached hydrogen (secondary N) is 2. The molecular weight excluding hydrogens is 348 g/mol. The molecule has 0 aliphatic rings. The largest absolute Gasteiger partial charge is 0.371 e. The van der Waals surface area contributed by atoms with E-state index in [1.165, 1.54) is 0 Å². The molecule has 0 aliphatic heterocycles. The summed E-state index contributed by atoms with van der Waals surface area (Å²) in [6.45, 7) is 6.15. The number of hydrogen-bond donors (Lipinski definition) is 4. The van der Waals surface area contributed by atoms with Gasteiger partial charge in [-0.2, -0.15) is 24.4 Å². The average Bonchev–Trinajstić information content (AvgIpc) is 2.51. The van der Waals surface area contributed by atoms with Crippen molar-refractivity contribution in [2.45, 2.75) is 52.2 Å². The van der Waals surface area contributed by atoms with E-state index >= 15 is 0 Å². The molecule has 8 heteroatoms. The predicted molar refractivity (Wildman–Crippen MR) is 102 cm³/mol. The monoisotopic (exact) mass is 380 g/mol. The number of amides is 2. The molecule has 2 unspecified atom stereocenters. The van der Waals surface area contributed by atoms with Gasteiger partial charge < -0.3 is 20.5 Å². The van der Waals surface area contributed by atoms with Gasteiger partial charge in [-0.3, -0.25) is 9.59 Å². The first-order valence-corrected chi connectivity index (χ1v) is 10.2. The van der Waals surface area contributed by atoms with E-state index in [0.717, 1.165) is 12.8 Å². The molecule has 2 amide bonds. The highest BCUT2D eigenvalue weighted by molar-refractivity contribution is 7.99. The molecule has 6 nitrogen and oxygen atoms in total. The van der Waals surface area contributed by atoms with Crippen LogP contribution in [0.1, 0.15) is 40.0 Å². The van der Waals surface area contributed by atoms with Crippen LogP contribution >= 0.6 is 24.4 Å². The molecule has 0 bridgehead atoms. The zero-order valence-electron chi connectivity index (χ0n) is 14.9. The Kier molecular flexibility index (Phi) is 14.6. The topological polar surface area (TPSA) is 87.7 Å². The Balaban J connectivity index is 4.51. The molecule has 0 spiro atoms. The quantitative estimate of drug-likeness (QED) is 0.270. The van der Waals surface area contributed by atoms with Gasteiger partial charge >= 0.3 is 0 Å². The zero-order valence-corrected chi connectivity index (χ0v) is 16.6. The van der Waals surface area contributed by atoms with Crippen molar-refractivity contribution in [1.29, 1.82) is 0 Å². The Morgan fingerprint density at radius 3 is 2.54 bits per heavy atom. The van der Waals surface area contributed by atoms with Crippen molar-refractivity contribution in [3.63, 3.8) is 0 Å². The summed E-state index contributed by atoms with van der Waals surface area (Å²) in [5, 5.41) is 14.5. The van der Waals surface area contributed by atoms with Gasteiger partial charge in [-0.25, -0.2) is 0 Å². The van der Waals surface area contributed by atoms with Gasteiger partial charge in [0.05, 0.1) is 6.10 Å². The first-order valence-electron chi connectivity index (χ1n) is 8.42. The Labute approximate surface area is 155 Å². The second-order valence-corrected chi connectivity index (χ2v) is 7.50. The van der Waals surface area contributed by atoms with E-state index in [0.29, 0.717) is 30.2 Å². The summed E-state index contributed by atoms with van der Waals surface area (Å²) in [7, 11) is 0. The van der Waals surface area contributed by atoms with Crippen LogP contribution in [0, 0.1) is 5.92 Å². The molecule has 2 atom stereocenters. The maximum Gasteiger partial charge on any atom is 0.243 e. The number of aliphatic hydroxyl groups is 1. The van der Waals surface area contributed by atoms with Crippen molar-refractivity contribution in [1.82, 2.24) is 10.6 Å².